The number of rotatable bonds is 3. The van der Waals surface area contributed by atoms with Gasteiger partial charge in [-0.1, -0.05) is 33.1 Å². The molecule has 100 valence electrons. The Morgan fingerprint density at radius 2 is 2.06 bits per heavy atom. The number of carbonyl (C=O) groups is 1. The van der Waals surface area contributed by atoms with Crippen molar-refractivity contribution in [3.8, 4) is 0 Å². The third-order valence-electron chi connectivity index (χ3n) is 3.57. The summed E-state index contributed by atoms with van der Waals surface area (Å²) >= 11 is 0. The Balaban J connectivity index is 2.04. The van der Waals surface area contributed by atoms with Crippen molar-refractivity contribution in [2.75, 3.05) is 5.73 Å². The first-order valence-corrected chi connectivity index (χ1v) is 6.74. The Labute approximate surface area is 108 Å². The van der Waals surface area contributed by atoms with Crippen LogP contribution in [0.1, 0.15) is 68.1 Å². The molecule has 1 heterocycles. The van der Waals surface area contributed by atoms with Gasteiger partial charge in [-0.15, -0.1) is 0 Å². The zero-order valence-corrected chi connectivity index (χ0v) is 11.1. The first kappa shape index (κ1) is 12.9. The number of nitrogens with two attached hydrogens (primary N) is 1. The number of amides is 1. The highest BCUT2D eigenvalue weighted by atomic mass is 16.2. The standard InChI is InChI=1S/C13H22N4O/c1-8(2)11-10(14)12(17-16-11)13(18)15-9-6-4-3-5-7-9/h8-9H,3-7,14H2,1-2H3,(H,15,18)(H,16,17). The number of H-pyrrole nitrogens is 1. The third kappa shape index (κ3) is 2.66. The number of aromatic amines is 1. The fraction of sp³-hybridized carbons (Fsp3) is 0.692. The second-order valence-corrected chi connectivity index (χ2v) is 5.36. The van der Waals surface area contributed by atoms with Gasteiger partial charge in [-0.2, -0.15) is 5.10 Å². The van der Waals surface area contributed by atoms with Gasteiger partial charge in [0.2, 0.25) is 0 Å². The minimum absolute atomic E-state index is 0.150. The Bertz CT molecular complexity index is 419. The third-order valence-corrected chi connectivity index (χ3v) is 3.57. The first-order chi connectivity index (χ1) is 8.59. The largest absolute Gasteiger partial charge is 0.395 e. The number of carbonyl (C=O) groups excluding carboxylic acids is 1. The van der Waals surface area contributed by atoms with Crippen molar-refractivity contribution >= 4 is 11.6 Å². The van der Waals surface area contributed by atoms with Gasteiger partial charge in [0.25, 0.3) is 5.91 Å². The molecule has 1 aliphatic rings. The second-order valence-electron chi connectivity index (χ2n) is 5.36. The van der Waals surface area contributed by atoms with Crippen LogP contribution in [-0.4, -0.2) is 22.1 Å². The molecule has 0 unspecified atom stereocenters. The number of nitrogen functional groups attached to an aromatic ring is 1. The summed E-state index contributed by atoms with van der Waals surface area (Å²) in [6, 6.07) is 0.282. The summed E-state index contributed by atoms with van der Waals surface area (Å²) < 4.78 is 0. The van der Waals surface area contributed by atoms with Crippen molar-refractivity contribution in [2.24, 2.45) is 0 Å². The van der Waals surface area contributed by atoms with E-state index in [2.05, 4.69) is 15.5 Å². The van der Waals surface area contributed by atoms with E-state index in [0.717, 1.165) is 18.5 Å². The van der Waals surface area contributed by atoms with Crippen molar-refractivity contribution in [3.05, 3.63) is 11.4 Å². The molecule has 1 aromatic heterocycles. The Morgan fingerprint density at radius 3 is 2.61 bits per heavy atom. The lowest BCUT2D eigenvalue weighted by Crippen LogP contribution is -2.36. The highest BCUT2D eigenvalue weighted by Crippen LogP contribution is 2.23. The van der Waals surface area contributed by atoms with Gasteiger partial charge in [-0.25, -0.2) is 0 Å². The van der Waals surface area contributed by atoms with E-state index in [1.807, 2.05) is 13.8 Å². The minimum atomic E-state index is -0.150. The summed E-state index contributed by atoms with van der Waals surface area (Å²) in [7, 11) is 0. The topological polar surface area (TPSA) is 83.8 Å². The number of aromatic nitrogens is 2. The van der Waals surface area contributed by atoms with E-state index in [0.29, 0.717) is 11.4 Å². The van der Waals surface area contributed by atoms with Crippen LogP contribution in [0.4, 0.5) is 5.69 Å². The molecule has 1 fully saturated rings. The molecular formula is C13H22N4O. The quantitative estimate of drug-likeness (QED) is 0.768. The van der Waals surface area contributed by atoms with Crippen molar-refractivity contribution in [3.63, 3.8) is 0 Å². The Kier molecular flexibility index (Phi) is 3.89. The Hall–Kier alpha value is -1.52. The van der Waals surface area contributed by atoms with Gasteiger partial charge in [0.15, 0.2) is 5.69 Å². The van der Waals surface area contributed by atoms with Crippen LogP contribution in [0.15, 0.2) is 0 Å². The Morgan fingerprint density at radius 1 is 1.39 bits per heavy atom. The predicted molar refractivity (Wildman–Crippen MR) is 71.4 cm³/mol. The van der Waals surface area contributed by atoms with Crippen molar-refractivity contribution in [1.82, 2.24) is 15.5 Å². The summed E-state index contributed by atoms with van der Waals surface area (Å²) in [6.45, 7) is 4.04. The summed E-state index contributed by atoms with van der Waals surface area (Å²) in [5.41, 5.74) is 7.61. The summed E-state index contributed by atoms with van der Waals surface area (Å²) in [4.78, 5) is 12.1. The van der Waals surface area contributed by atoms with Gasteiger partial charge in [-0.3, -0.25) is 9.89 Å². The average molecular weight is 250 g/mol. The SMILES string of the molecule is CC(C)c1[nH]nc(C(=O)NC2CCCCC2)c1N. The molecule has 0 aliphatic heterocycles. The van der Waals surface area contributed by atoms with Crippen LogP contribution in [0.2, 0.25) is 0 Å². The van der Waals surface area contributed by atoms with E-state index in [1.54, 1.807) is 0 Å². The van der Waals surface area contributed by atoms with Gasteiger partial charge >= 0.3 is 0 Å². The van der Waals surface area contributed by atoms with Crippen molar-refractivity contribution in [1.29, 1.82) is 0 Å². The second kappa shape index (κ2) is 5.42. The molecule has 1 aliphatic carbocycles. The highest BCUT2D eigenvalue weighted by molar-refractivity contribution is 5.97. The number of nitrogens with one attached hydrogen (secondary N) is 2. The van der Waals surface area contributed by atoms with Gasteiger partial charge in [-0.05, 0) is 18.8 Å². The molecule has 0 saturated heterocycles. The van der Waals surface area contributed by atoms with Gasteiger partial charge in [0, 0.05) is 6.04 Å². The molecule has 0 aromatic carbocycles. The molecule has 1 amide bonds. The van der Waals surface area contributed by atoms with Crippen LogP contribution in [0.25, 0.3) is 0 Å². The van der Waals surface area contributed by atoms with Crippen molar-refractivity contribution < 1.29 is 4.79 Å². The maximum absolute atomic E-state index is 12.1. The molecule has 4 N–H and O–H groups in total. The molecule has 18 heavy (non-hydrogen) atoms. The van der Waals surface area contributed by atoms with E-state index in [4.69, 9.17) is 5.73 Å². The zero-order chi connectivity index (χ0) is 13.1. The number of hydrogen-bond acceptors (Lipinski definition) is 3. The van der Waals surface area contributed by atoms with E-state index < -0.39 is 0 Å². The van der Waals surface area contributed by atoms with Crippen LogP contribution in [0.5, 0.6) is 0 Å². The fourth-order valence-electron chi connectivity index (χ4n) is 2.48. The summed E-state index contributed by atoms with van der Waals surface area (Å²) in [6.07, 6.45) is 5.78. The maximum Gasteiger partial charge on any atom is 0.274 e. The van der Waals surface area contributed by atoms with Crippen LogP contribution in [0, 0.1) is 0 Å². The molecule has 0 radical (unpaired) electrons. The summed E-state index contributed by atoms with van der Waals surface area (Å²) in [5, 5.41) is 9.92. The van der Waals surface area contributed by atoms with Crippen LogP contribution in [0.3, 0.4) is 0 Å². The lowest BCUT2D eigenvalue weighted by molar-refractivity contribution is 0.0923. The zero-order valence-electron chi connectivity index (χ0n) is 11.1. The molecule has 1 saturated carbocycles. The monoisotopic (exact) mass is 250 g/mol. The molecule has 2 rings (SSSR count). The number of hydrogen-bond donors (Lipinski definition) is 3. The highest BCUT2D eigenvalue weighted by Gasteiger charge is 2.22. The lowest BCUT2D eigenvalue weighted by Gasteiger charge is -2.22. The average Bonchev–Trinajstić information content (AvgIpc) is 2.72. The lowest BCUT2D eigenvalue weighted by atomic mass is 9.95. The van der Waals surface area contributed by atoms with Gasteiger partial charge in [0.05, 0.1) is 11.4 Å². The van der Waals surface area contributed by atoms with E-state index >= 15 is 0 Å². The molecule has 0 atom stereocenters. The molecule has 0 bridgehead atoms. The predicted octanol–water partition coefficient (Wildman–Crippen LogP) is 2.18. The smallest absolute Gasteiger partial charge is 0.274 e. The van der Waals surface area contributed by atoms with E-state index in [-0.39, 0.29) is 17.9 Å². The fourth-order valence-corrected chi connectivity index (χ4v) is 2.48. The minimum Gasteiger partial charge on any atom is -0.395 e. The normalized spacial score (nSPS) is 17.1. The van der Waals surface area contributed by atoms with Gasteiger partial charge in [0.1, 0.15) is 0 Å². The van der Waals surface area contributed by atoms with E-state index in [1.165, 1.54) is 19.3 Å². The molecule has 5 nitrogen and oxygen atoms in total. The molecular weight excluding hydrogens is 228 g/mol. The van der Waals surface area contributed by atoms with Crippen molar-refractivity contribution in [2.45, 2.75) is 57.9 Å². The number of nitrogens with zero attached hydrogens (tertiary/aromatic N) is 1. The number of anilines is 1. The van der Waals surface area contributed by atoms with Crippen LogP contribution >= 0.6 is 0 Å². The van der Waals surface area contributed by atoms with Gasteiger partial charge < -0.3 is 11.1 Å². The van der Waals surface area contributed by atoms with Crippen LogP contribution in [-0.2, 0) is 0 Å². The first-order valence-electron chi connectivity index (χ1n) is 6.74. The van der Waals surface area contributed by atoms with E-state index in [9.17, 15) is 4.79 Å². The maximum atomic E-state index is 12.1. The van der Waals surface area contributed by atoms with Crippen LogP contribution < -0.4 is 11.1 Å². The molecule has 0 spiro atoms. The summed E-state index contributed by atoms with van der Waals surface area (Å²) in [5.74, 6) is 0.0938. The molecule has 5 heteroatoms. The molecule has 1 aromatic rings.